The molecule has 2 aromatic rings. The van der Waals surface area contributed by atoms with Crippen molar-refractivity contribution in [3.8, 4) is 0 Å². The van der Waals surface area contributed by atoms with Crippen LogP contribution in [0.25, 0.3) is 0 Å². The zero-order valence-electron chi connectivity index (χ0n) is 12.2. The number of thiazole rings is 1. The fourth-order valence-corrected chi connectivity index (χ4v) is 3.24. The topological polar surface area (TPSA) is 42.2 Å². The maximum atomic E-state index is 5.97. The maximum Gasteiger partial charge on any atom is 0.190 e. The lowest BCUT2D eigenvalue weighted by molar-refractivity contribution is 0.825. The number of anilines is 2. The molecule has 0 aliphatic heterocycles. The summed E-state index contributed by atoms with van der Waals surface area (Å²) in [7, 11) is 2.06. The molecule has 1 heterocycles. The molecule has 1 atom stereocenters. The number of hydrogen-bond acceptors (Lipinski definition) is 4. The van der Waals surface area contributed by atoms with Crippen LogP contribution in [0.5, 0.6) is 0 Å². The second-order valence-corrected chi connectivity index (χ2v) is 6.09. The van der Waals surface area contributed by atoms with Gasteiger partial charge in [0, 0.05) is 23.7 Å². The van der Waals surface area contributed by atoms with Gasteiger partial charge in [0.25, 0.3) is 0 Å². The van der Waals surface area contributed by atoms with Gasteiger partial charge in [-0.15, -0.1) is 0 Å². The molecular weight excluding hydrogens is 254 g/mol. The highest BCUT2D eigenvalue weighted by atomic mass is 32.1. The van der Waals surface area contributed by atoms with E-state index in [1.54, 1.807) is 11.3 Å². The van der Waals surface area contributed by atoms with E-state index >= 15 is 0 Å². The van der Waals surface area contributed by atoms with Crippen molar-refractivity contribution in [2.45, 2.75) is 33.7 Å². The third-order valence-electron chi connectivity index (χ3n) is 3.24. The van der Waals surface area contributed by atoms with Gasteiger partial charge in [0.15, 0.2) is 5.13 Å². The van der Waals surface area contributed by atoms with E-state index in [4.69, 9.17) is 5.73 Å². The Morgan fingerprint density at radius 3 is 2.47 bits per heavy atom. The molecule has 0 amide bonds. The number of hydrogen-bond donors (Lipinski definition) is 1. The summed E-state index contributed by atoms with van der Waals surface area (Å²) in [6.07, 6.45) is 0. The van der Waals surface area contributed by atoms with E-state index in [9.17, 15) is 0 Å². The normalized spacial score (nSPS) is 12.5. The summed E-state index contributed by atoms with van der Waals surface area (Å²) in [5, 5.41) is 0.997. The Bertz CT molecular complexity index is 587. The molecule has 3 nitrogen and oxygen atoms in total. The second-order valence-electron chi connectivity index (χ2n) is 5.08. The van der Waals surface area contributed by atoms with Crippen molar-refractivity contribution >= 4 is 22.2 Å². The summed E-state index contributed by atoms with van der Waals surface area (Å²) in [6.45, 7) is 8.26. The van der Waals surface area contributed by atoms with Crippen LogP contribution < -0.4 is 10.6 Å². The molecule has 0 spiro atoms. The Morgan fingerprint density at radius 2 is 1.95 bits per heavy atom. The number of rotatable bonds is 3. The van der Waals surface area contributed by atoms with E-state index in [1.165, 1.54) is 16.8 Å². The van der Waals surface area contributed by atoms with Gasteiger partial charge in [0.05, 0.1) is 5.69 Å². The van der Waals surface area contributed by atoms with Crippen molar-refractivity contribution in [2.24, 2.45) is 5.73 Å². The lowest BCUT2D eigenvalue weighted by Crippen LogP contribution is -2.10. The van der Waals surface area contributed by atoms with Crippen LogP contribution in [-0.2, 0) is 0 Å². The lowest BCUT2D eigenvalue weighted by Gasteiger charge is -2.18. The molecule has 1 aromatic heterocycles. The molecule has 1 unspecified atom stereocenters. The first kappa shape index (κ1) is 14.0. The quantitative estimate of drug-likeness (QED) is 0.925. The first-order valence-electron chi connectivity index (χ1n) is 6.44. The third-order valence-corrected chi connectivity index (χ3v) is 4.67. The zero-order valence-corrected chi connectivity index (χ0v) is 13.0. The van der Waals surface area contributed by atoms with Crippen molar-refractivity contribution in [1.82, 2.24) is 4.98 Å². The lowest BCUT2D eigenvalue weighted by atomic mass is 10.1. The fraction of sp³-hybridized carbons (Fsp3) is 0.400. The Labute approximate surface area is 119 Å². The van der Waals surface area contributed by atoms with Crippen molar-refractivity contribution in [3.05, 3.63) is 39.9 Å². The molecule has 0 fully saturated rings. The zero-order chi connectivity index (χ0) is 14.2. The van der Waals surface area contributed by atoms with Crippen LogP contribution >= 0.6 is 11.3 Å². The van der Waals surface area contributed by atoms with Gasteiger partial charge in [0.1, 0.15) is 0 Å². The van der Waals surface area contributed by atoms with Crippen LogP contribution in [0.1, 0.15) is 34.7 Å². The number of benzene rings is 1. The molecule has 0 saturated carbocycles. The summed E-state index contributed by atoms with van der Waals surface area (Å²) >= 11 is 1.67. The molecule has 0 aliphatic rings. The summed E-state index contributed by atoms with van der Waals surface area (Å²) in [6, 6.07) is 6.51. The number of aromatic nitrogens is 1. The molecule has 1 aromatic carbocycles. The predicted octanol–water partition coefficient (Wildman–Crippen LogP) is 3.86. The minimum absolute atomic E-state index is 0.0405. The number of aryl methyl sites for hydroxylation is 3. The molecular formula is C15H21N3S. The van der Waals surface area contributed by atoms with Crippen LogP contribution in [0.4, 0.5) is 10.8 Å². The fourth-order valence-electron chi connectivity index (χ4n) is 2.24. The molecule has 102 valence electrons. The molecule has 0 bridgehead atoms. The predicted molar refractivity (Wildman–Crippen MR) is 83.4 cm³/mol. The second kappa shape index (κ2) is 5.31. The Hall–Kier alpha value is -1.39. The van der Waals surface area contributed by atoms with E-state index in [1.807, 2.05) is 13.8 Å². The highest BCUT2D eigenvalue weighted by Gasteiger charge is 2.15. The maximum absolute atomic E-state index is 5.97. The Morgan fingerprint density at radius 1 is 1.26 bits per heavy atom. The molecule has 0 radical (unpaired) electrons. The standard InChI is InChI=1S/C15H21N3S/c1-9-6-7-13(10(2)8-9)18(5)15-17-12(4)14(19-15)11(3)16/h6-8,11H,16H2,1-5H3. The average Bonchev–Trinajstić information content (AvgIpc) is 2.70. The highest BCUT2D eigenvalue weighted by Crippen LogP contribution is 2.34. The van der Waals surface area contributed by atoms with Gasteiger partial charge in [-0.2, -0.15) is 0 Å². The van der Waals surface area contributed by atoms with E-state index in [0.29, 0.717) is 0 Å². The monoisotopic (exact) mass is 275 g/mol. The van der Waals surface area contributed by atoms with Gasteiger partial charge < -0.3 is 10.6 Å². The average molecular weight is 275 g/mol. The van der Waals surface area contributed by atoms with Crippen molar-refractivity contribution in [1.29, 1.82) is 0 Å². The Kier molecular flexibility index (Phi) is 3.92. The number of nitrogens with two attached hydrogens (primary N) is 1. The molecule has 19 heavy (non-hydrogen) atoms. The Balaban J connectivity index is 2.38. The molecule has 2 rings (SSSR count). The smallest absolute Gasteiger partial charge is 0.190 e. The molecule has 0 saturated heterocycles. The van der Waals surface area contributed by atoms with Crippen LogP contribution in [0.3, 0.4) is 0 Å². The van der Waals surface area contributed by atoms with Gasteiger partial charge in [-0.05, 0) is 39.3 Å². The van der Waals surface area contributed by atoms with Crippen molar-refractivity contribution in [2.75, 3.05) is 11.9 Å². The van der Waals surface area contributed by atoms with Crippen molar-refractivity contribution in [3.63, 3.8) is 0 Å². The highest BCUT2D eigenvalue weighted by molar-refractivity contribution is 7.15. The molecule has 0 aliphatic carbocycles. The van der Waals surface area contributed by atoms with Crippen molar-refractivity contribution < 1.29 is 0 Å². The number of nitrogens with zero attached hydrogens (tertiary/aromatic N) is 2. The van der Waals surface area contributed by atoms with Gasteiger partial charge >= 0.3 is 0 Å². The minimum atomic E-state index is 0.0405. The van der Waals surface area contributed by atoms with Crippen LogP contribution in [0, 0.1) is 20.8 Å². The van der Waals surface area contributed by atoms with E-state index in [0.717, 1.165) is 15.7 Å². The molecule has 2 N–H and O–H groups in total. The van der Waals surface area contributed by atoms with E-state index in [-0.39, 0.29) is 6.04 Å². The first-order chi connectivity index (χ1) is 8.90. The van der Waals surface area contributed by atoms with Crippen LogP contribution in [0.15, 0.2) is 18.2 Å². The summed E-state index contributed by atoms with van der Waals surface area (Å²) in [5.74, 6) is 0. The van der Waals surface area contributed by atoms with E-state index in [2.05, 4.69) is 49.0 Å². The van der Waals surface area contributed by atoms with Gasteiger partial charge in [-0.3, -0.25) is 0 Å². The summed E-state index contributed by atoms with van der Waals surface area (Å²) < 4.78 is 0. The van der Waals surface area contributed by atoms with Gasteiger partial charge in [-0.1, -0.05) is 29.0 Å². The van der Waals surface area contributed by atoms with Gasteiger partial charge in [0.2, 0.25) is 0 Å². The van der Waals surface area contributed by atoms with Crippen LogP contribution in [0.2, 0.25) is 0 Å². The largest absolute Gasteiger partial charge is 0.323 e. The van der Waals surface area contributed by atoms with Crippen LogP contribution in [-0.4, -0.2) is 12.0 Å². The molecule has 4 heteroatoms. The third kappa shape index (κ3) is 2.80. The van der Waals surface area contributed by atoms with Gasteiger partial charge in [-0.25, -0.2) is 4.98 Å². The first-order valence-corrected chi connectivity index (χ1v) is 7.25. The summed E-state index contributed by atoms with van der Waals surface area (Å²) in [5.41, 5.74) is 10.7. The summed E-state index contributed by atoms with van der Waals surface area (Å²) in [4.78, 5) is 7.93. The van der Waals surface area contributed by atoms with E-state index < -0.39 is 0 Å². The minimum Gasteiger partial charge on any atom is -0.323 e. The SMILES string of the molecule is Cc1ccc(N(C)c2nc(C)c(C(C)N)s2)c(C)c1.